The Morgan fingerprint density at radius 2 is 1.86 bits per heavy atom. The van der Waals surface area contributed by atoms with Gasteiger partial charge in [0, 0.05) is 17.9 Å². The number of amides is 2. The van der Waals surface area contributed by atoms with Crippen LogP contribution in [-0.2, 0) is 4.79 Å². The number of methoxy groups -OCH3 is 1. The van der Waals surface area contributed by atoms with Crippen LogP contribution in [0.1, 0.15) is 23.0 Å². The van der Waals surface area contributed by atoms with E-state index in [1.54, 1.807) is 61.0 Å². The molecule has 3 aromatic rings. The summed E-state index contributed by atoms with van der Waals surface area (Å²) in [6.07, 6.45) is 1.44. The van der Waals surface area contributed by atoms with E-state index < -0.39 is 0 Å². The Morgan fingerprint density at radius 1 is 1.14 bits per heavy atom. The number of nitrogens with one attached hydrogen (secondary N) is 1. The Morgan fingerprint density at radius 3 is 2.50 bits per heavy atom. The lowest BCUT2D eigenvalue weighted by atomic mass is 10.2. The van der Waals surface area contributed by atoms with E-state index in [-0.39, 0.29) is 11.8 Å². The van der Waals surface area contributed by atoms with Crippen molar-refractivity contribution in [1.29, 1.82) is 0 Å². The van der Waals surface area contributed by atoms with Crippen LogP contribution in [0, 0.1) is 0 Å². The van der Waals surface area contributed by atoms with Crippen molar-refractivity contribution in [2.45, 2.75) is 6.92 Å². The monoisotopic (exact) mass is 394 g/mol. The molecule has 7 nitrogen and oxygen atoms in total. The van der Waals surface area contributed by atoms with Gasteiger partial charge >= 0.3 is 0 Å². The molecular formula is C20H18N4O3S. The van der Waals surface area contributed by atoms with Crippen LogP contribution in [0.25, 0.3) is 0 Å². The third-order valence-electron chi connectivity index (χ3n) is 3.75. The van der Waals surface area contributed by atoms with Crippen LogP contribution in [-0.4, -0.2) is 30.1 Å². The number of nitrogens with zero attached hydrogens (tertiary/aromatic N) is 3. The topological polar surface area (TPSA) is 83.9 Å². The van der Waals surface area contributed by atoms with E-state index in [1.807, 2.05) is 6.07 Å². The molecule has 0 aliphatic heterocycles. The Kier molecular flexibility index (Phi) is 6.13. The van der Waals surface area contributed by atoms with Crippen molar-refractivity contribution in [1.82, 2.24) is 10.4 Å². The number of carbonyl (C=O) groups is 2. The number of hydrazone groups is 1. The average molecular weight is 394 g/mol. The second kappa shape index (κ2) is 8.92. The normalized spacial score (nSPS) is 10.6. The molecule has 8 heteroatoms. The van der Waals surface area contributed by atoms with Crippen LogP contribution in [0.15, 0.2) is 65.1 Å². The van der Waals surface area contributed by atoms with E-state index >= 15 is 0 Å². The summed E-state index contributed by atoms with van der Waals surface area (Å²) in [5, 5.41) is 6.20. The standard InChI is InChI=1S/C20H18N4O3S/c1-14(25)24(17-8-10-18(27-2)11-9-17)20-22-16(13-28-20)12-21-23-19(26)15-6-4-3-5-7-15/h3-13H,1-2H3,(H,23,26)/b21-12-. The van der Waals surface area contributed by atoms with Crippen LogP contribution in [0.4, 0.5) is 10.8 Å². The lowest BCUT2D eigenvalue weighted by Crippen LogP contribution is -2.22. The summed E-state index contributed by atoms with van der Waals surface area (Å²) in [6, 6.07) is 15.9. The summed E-state index contributed by atoms with van der Waals surface area (Å²) in [6.45, 7) is 1.47. The molecule has 0 unspecified atom stereocenters. The lowest BCUT2D eigenvalue weighted by molar-refractivity contribution is -0.115. The highest BCUT2D eigenvalue weighted by atomic mass is 32.1. The molecule has 0 radical (unpaired) electrons. The first-order chi connectivity index (χ1) is 13.6. The molecule has 0 fully saturated rings. The number of carbonyl (C=O) groups excluding carboxylic acids is 2. The summed E-state index contributed by atoms with van der Waals surface area (Å²) in [7, 11) is 1.58. The van der Waals surface area contributed by atoms with Crippen molar-refractivity contribution < 1.29 is 14.3 Å². The quantitative estimate of drug-likeness (QED) is 0.511. The lowest BCUT2D eigenvalue weighted by Gasteiger charge is -2.18. The van der Waals surface area contributed by atoms with Gasteiger partial charge in [-0.05, 0) is 36.4 Å². The summed E-state index contributed by atoms with van der Waals surface area (Å²) in [4.78, 5) is 30.0. The SMILES string of the molecule is COc1ccc(N(C(C)=O)c2nc(/C=N\NC(=O)c3ccccc3)cs2)cc1. The maximum Gasteiger partial charge on any atom is 0.271 e. The number of hydrogen-bond acceptors (Lipinski definition) is 6. The Hall–Kier alpha value is -3.52. The molecule has 1 N–H and O–H groups in total. The van der Waals surface area contributed by atoms with Crippen LogP contribution in [0.3, 0.4) is 0 Å². The van der Waals surface area contributed by atoms with E-state index in [1.165, 1.54) is 29.4 Å². The maximum absolute atomic E-state index is 12.1. The summed E-state index contributed by atoms with van der Waals surface area (Å²) < 4.78 is 5.15. The zero-order valence-electron chi connectivity index (χ0n) is 15.3. The molecule has 2 amide bonds. The molecule has 0 bridgehead atoms. The van der Waals surface area contributed by atoms with Crippen molar-refractivity contribution in [3.8, 4) is 5.75 Å². The van der Waals surface area contributed by atoms with Gasteiger partial charge in [-0.25, -0.2) is 10.4 Å². The minimum Gasteiger partial charge on any atom is -0.497 e. The van der Waals surface area contributed by atoms with Gasteiger partial charge in [0.15, 0.2) is 5.13 Å². The molecule has 0 atom stereocenters. The van der Waals surface area contributed by atoms with E-state index in [2.05, 4.69) is 15.5 Å². The number of hydrogen-bond donors (Lipinski definition) is 1. The summed E-state index contributed by atoms with van der Waals surface area (Å²) >= 11 is 1.30. The first kappa shape index (κ1) is 19.2. The highest BCUT2D eigenvalue weighted by Gasteiger charge is 2.17. The highest BCUT2D eigenvalue weighted by Crippen LogP contribution is 2.29. The van der Waals surface area contributed by atoms with Gasteiger partial charge in [-0.1, -0.05) is 18.2 Å². The van der Waals surface area contributed by atoms with Crippen LogP contribution in [0.2, 0.25) is 0 Å². The second-order valence-electron chi connectivity index (χ2n) is 5.67. The number of ether oxygens (including phenoxy) is 1. The largest absolute Gasteiger partial charge is 0.497 e. The minimum atomic E-state index is -0.309. The van der Waals surface area contributed by atoms with Crippen molar-refractivity contribution in [3.05, 3.63) is 71.2 Å². The Bertz CT molecular complexity index is 984. The van der Waals surface area contributed by atoms with Gasteiger partial charge in [-0.15, -0.1) is 11.3 Å². The molecule has 0 aliphatic rings. The molecule has 142 valence electrons. The van der Waals surface area contributed by atoms with Crippen molar-refractivity contribution in [2.75, 3.05) is 12.0 Å². The third kappa shape index (κ3) is 4.60. The molecule has 3 rings (SSSR count). The third-order valence-corrected chi connectivity index (χ3v) is 4.59. The van der Waals surface area contributed by atoms with Gasteiger partial charge in [0.05, 0.1) is 24.7 Å². The fraction of sp³-hybridized carbons (Fsp3) is 0.100. The van der Waals surface area contributed by atoms with Crippen LogP contribution in [0.5, 0.6) is 5.75 Å². The highest BCUT2D eigenvalue weighted by molar-refractivity contribution is 7.14. The predicted octanol–water partition coefficient (Wildman–Crippen LogP) is 3.60. The summed E-state index contributed by atoms with van der Waals surface area (Å²) in [5.41, 5.74) is 4.19. The first-order valence-electron chi connectivity index (χ1n) is 8.37. The van der Waals surface area contributed by atoms with E-state index in [0.29, 0.717) is 27.8 Å². The smallest absolute Gasteiger partial charge is 0.271 e. The van der Waals surface area contributed by atoms with Gasteiger partial charge in [-0.2, -0.15) is 5.10 Å². The number of anilines is 2. The number of benzene rings is 2. The second-order valence-corrected chi connectivity index (χ2v) is 6.51. The van der Waals surface area contributed by atoms with Crippen molar-refractivity contribution >= 4 is 40.2 Å². The molecule has 1 aromatic heterocycles. The Balaban J connectivity index is 1.72. The van der Waals surface area contributed by atoms with Gasteiger partial charge in [0.1, 0.15) is 5.75 Å². The number of aromatic nitrogens is 1. The molecular weight excluding hydrogens is 376 g/mol. The fourth-order valence-electron chi connectivity index (χ4n) is 2.41. The van der Waals surface area contributed by atoms with Gasteiger partial charge in [0.2, 0.25) is 5.91 Å². The van der Waals surface area contributed by atoms with E-state index in [9.17, 15) is 9.59 Å². The van der Waals surface area contributed by atoms with E-state index in [4.69, 9.17) is 4.74 Å². The fourth-order valence-corrected chi connectivity index (χ4v) is 3.24. The minimum absolute atomic E-state index is 0.166. The molecule has 2 aromatic carbocycles. The van der Waals surface area contributed by atoms with Gasteiger partial charge in [0.25, 0.3) is 5.91 Å². The summed E-state index contributed by atoms with van der Waals surface area (Å²) in [5.74, 6) is 0.227. The maximum atomic E-state index is 12.1. The molecule has 0 aliphatic carbocycles. The molecule has 0 saturated heterocycles. The van der Waals surface area contributed by atoms with Crippen molar-refractivity contribution in [3.63, 3.8) is 0 Å². The van der Waals surface area contributed by atoms with Crippen molar-refractivity contribution in [2.24, 2.45) is 5.10 Å². The van der Waals surface area contributed by atoms with Gasteiger partial charge in [-0.3, -0.25) is 14.5 Å². The van der Waals surface area contributed by atoms with Crippen LogP contribution < -0.4 is 15.1 Å². The average Bonchev–Trinajstić information content (AvgIpc) is 3.17. The van der Waals surface area contributed by atoms with Crippen LogP contribution >= 0.6 is 11.3 Å². The first-order valence-corrected chi connectivity index (χ1v) is 9.25. The zero-order chi connectivity index (χ0) is 19.9. The zero-order valence-corrected chi connectivity index (χ0v) is 16.1. The van der Waals surface area contributed by atoms with Gasteiger partial charge < -0.3 is 4.74 Å². The molecule has 1 heterocycles. The Labute approximate surface area is 166 Å². The number of thiazole rings is 1. The molecule has 0 spiro atoms. The number of rotatable bonds is 6. The molecule has 0 saturated carbocycles. The van der Waals surface area contributed by atoms with E-state index in [0.717, 1.165) is 0 Å². The predicted molar refractivity (Wildman–Crippen MR) is 109 cm³/mol. The molecule has 28 heavy (non-hydrogen) atoms.